The number of carbonyl (C=O) groups is 1. The van der Waals surface area contributed by atoms with Gasteiger partial charge in [0.25, 0.3) is 0 Å². The van der Waals surface area contributed by atoms with Gasteiger partial charge in [0.05, 0.1) is 6.61 Å². The molecule has 3 rings (SSSR count). The Bertz CT molecular complexity index is 913. The van der Waals surface area contributed by atoms with Crippen LogP contribution in [0.25, 0.3) is 5.69 Å². The van der Waals surface area contributed by atoms with Crippen LogP contribution in [-0.2, 0) is 16.1 Å². The number of hydrogen-bond acceptors (Lipinski definition) is 6. The molecule has 8 heteroatoms. The Morgan fingerprint density at radius 2 is 1.86 bits per heavy atom. The van der Waals surface area contributed by atoms with Gasteiger partial charge in [-0.25, -0.2) is 0 Å². The molecule has 3 aromatic rings. The zero-order chi connectivity index (χ0) is 20.5. The zero-order valence-corrected chi connectivity index (χ0v) is 17.3. The molecule has 0 aliphatic heterocycles. The minimum Gasteiger partial charge on any atom is -0.494 e. The van der Waals surface area contributed by atoms with Crippen molar-refractivity contribution < 1.29 is 14.3 Å². The molecule has 0 atom stereocenters. The Kier molecular flexibility index (Phi) is 7.66. The number of rotatable bonds is 10. The van der Waals surface area contributed by atoms with Gasteiger partial charge in [0.1, 0.15) is 12.4 Å². The van der Waals surface area contributed by atoms with Crippen LogP contribution in [0.1, 0.15) is 19.2 Å². The van der Waals surface area contributed by atoms with Crippen molar-refractivity contribution in [3.63, 3.8) is 0 Å². The molecule has 7 nitrogen and oxygen atoms in total. The lowest BCUT2D eigenvalue weighted by Gasteiger charge is -2.10. The average molecular weight is 413 g/mol. The second-order valence-electron chi connectivity index (χ2n) is 6.11. The third-order valence-electron chi connectivity index (χ3n) is 4.00. The highest BCUT2D eigenvalue weighted by Crippen LogP contribution is 2.23. The van der Waals surface area contributed by atoms with Crippen molar-refractivity contribution in [3.8, 4) is 11.4 Å². The number of aromatic nitrogens is 3. The monoisotopic (exact) mass is 412 g/mol. The van der Waals surface area contributed by atoms with E-state index in [9.17, 15) is 4.79 Å². The van der Waals surface area contributed by atoms with Crippen molar-refractivity contribution >= 4 is 23.4 Å². The Hall–Kier alpha value is -2.84. The molecule has 0 fully saturated rings. The first-order valence-electron chi connectivity index (χ1n) is 9.35. The molecule has 0 aliphatic rings. The van der Waals surface area contributed by atoms with Gasteiger partial charge in [0, 0.05) is 30.7 Å². The summed E-state index contributed by atoms with van der Waals surface area (Å²) in [7, 11) is 1.63. The number of para-hydroxylation sites is 1. The topological polar surface area (TPSA) is 78.3 Å². The van der Waals surface area contributed by atoms with Crippen LogP contribution in [0.15, 0.2) is 59.8 Å². The minimum absolute atomic E-state index is 0.0513. The Labute approximate surface area is 174 Å². The van der Waals surface area contributed by atoms with E-state index in [0.717, 1.165) is 28.1 Å². The van der Waals surface area contributed by atoms with Crippen molar-refractivity contribution in [2.75, 3.05) is 24.8 Å². The summed E-state index contributed by atoms with van der Waals surface area (Å²) in [4.78, 5) is 12.3. The highest BCUT2D eigenvalue weighted by atomic mass is 32.2. The summed E-state index contributed by atoms with van der Waals surface area (Å²) in [5.74, 6) is 2.04. The van der Waals surface area contributed by atoms with E-state index in [4.69, 9.17) is 9.47 Å². The fraction of sp³-hybridized carbons (Fsp3) is 0.286. The van der Waals surface area contributed by atoms with Gasteiger partial charge >= 0.3 is 0 Å². The summed E-state index contributed by atoms with van der Waals surface area (Å²) in [6.45, 7) is 2.91. The SMILES string of the molecule is CCOc1ccc(NC(=O)CCSc2nnc(COC)n2-c2ccccc2)cc1. The molecule has 29 heavy (non-hydrogen) atoms. The van der Waals surface area contributed by atoms with Crippen molar-refractivity contribution in [3.05, 3.63) is 60.4 Å². The smallest absolute Gasteiger partial charge is 0.225 e. The van der Waals surface area contributed by atoms with E-state index in [1.807, 2.05) is 66.1 Å². The molecule has 0 radical (unpaired) electrons. The van der Waals surface area contributed by atoms with Gasteiger partial charge in [-0.3, -0.25) is 9.36 Å². The molecule has 0 aliphatic carbocycles. The lowest BCUT2D eigenvalue weighted by molar-refractivity contribution is -0.115. The van der Waals surface area contributed by atoms with Gasteiger partial charge < -0.3 is 14.8 Å². The van der Waals surface area contributed by atoms with Crippen LogP contribution in [0.2, 0.25) is 0 Å². The summed E-state index contributed by atoms with van der Waals surface area (Å²) in [6, 6.07) is 17.2. The van der Waals surface area contributed by atoms with E-state index in [2.05, 4.69) is 15.5 Å². The molecule has 152 valence electrons. The summed E-state index contributed by atoms with van der Waals surface area (Å²) in [5.41, 5.74) is 1.71. The number of nitrogens with one attached hydrogen (secondary N) is 1. The number of thioether (sulfide) groups is 1. The van der Waals surface area contributed by atoms with E-state index in [1.165, 1.54) is 11.8 Å². The van der Waals surface area contributed by atoms with Crippen LogP contribution in [0.3, 0.4) is 0 Å². The van der Waals surface area contributed by atoms with Gasteiger partial charge in [-0.1, -0.05) is 30.0 Å². The zero-order valence-electron chi connectivity index (χ0n) is 16.5. The summed E-state index contributed by atoms with van der Waals surface area (Å²) in [5, 5.41) is 12.1. The second kappa shape index (κ2) is 10.6. The molecule has 0 bridgehead atoms. The summed E-state index contributed by atoms with van der Waals surface area (Å²) in [6.07, 6.45) is 0.360. The first kappa shape index (κ1) is 20.9. The Morgan fingerprint density at radius 3 is 2.55 bits per heavy atom. The molecule has 2 aromatic carbocycles. The van der Waals surface area contributed by atoms with Gasteiger partial charge in [-0.15, -0.1) is 10.2 Å². The van der Waals surface area contributed by atoms with Crippen LogP contribution in [-0.4, -0.2) is 40.1 Å². The lowest BCUT2D eigenvalue weighted by atomic mass is 10.3. The third kappa shape index (κ3) is 5.82. The predicted octanol–water partition coefficient (Wildman–Crippen LogP) is 3.93. The number of amides is 1. The molecule has 1 aromatic heterocycles. The average Bonchev–Trinajstić information content (AvgIpc) is 3.13. The lowest BCUT2D eigenvalue weighted by Crippen LogP contribution is -2.12. The standard InChI is InChI=1S/C21H24N4O3S/c1-3-28-18-11-9-16(10-12-18)22-20(26)13-14-29-21-24-23-19(15-27-2)25(21)17-7-5-4-6-8-17/h4-12H,3,13-15H2,1-2H3,(H,22,26). The van der Waals surface area contributed by atoms with Crippen molar-refractivity contribution in [1.82, 2.24) is 14.8 Å². The Balaban J connectivity index is 1.58. The van der Waals surface area contributed by atoms with Gasteiger partial charge in [-0.2, -0.15) is 0 Å². The minimum atomic E-state index is -0.0513. The number of ether oxygens (including phenoxy) is 2. The number of anilines is 1. The van der Waals surface area contributed by atoms with Gasteiger partial charge in [0.15, 0.2) is 11.0 Å². The molecule has 0 spiro atoms. The Morgan fingerprint density at radius 1 is 1.10 bits per heavy atom. The van der Waals surface area contributed by atoms with E-state index in [-0.39, 0.29) is 5.91 Å². The number of nitrogens with zero attached hydrogens (tertiary/aromatic N) is 3. The second-order valence-corrected chi connectivity index (χ2v) is 7.17. The number of methoxy groups -OCH3 is 1. The molecule has 0 unspecified atom stereocenters. The fourth-order valence-corrected chi connectivity index (χ4v) is 3.62. The molecule has 0 saturated carbocycles. The van der Waals surface area contributed by atoms with Crippen molar-refractivity contribution in [1.29, 1.82) is 0 Å². The first-order chi connectivity index (χ1) is 14.2. The van der Waals surface area contributed by atoms with Crippen LogP contribution in [0, 0.1) is 0 Å². The van der Waals surface area contributed by atoms with Crippen LogP contribution in [0.4, 0.5) is 5.69 Å². The molecular formula is C21H24N4O3S. The molecule has 1 heterocycles. The maximum atomic E-state index is 12.3. The maximum absolute atomic E-state index is 12.3. The van der Waals surface area contributed by atoms with Gasteiger partial charge in [-0.05, 0) is 43.3 Å². The fourth-order valence-electron chi connectivity index (χ4n) is 2.71. The van der Waals surface area contributed by atoms with Crippen molar-refractivity contribution in [2.45, 2.75) is 25.1 Å². The highest BCUT2D eigenvalue weighted by Gasteiger charge is 2.14. The third-order valence-corrected chi connectivity index (χ3v) is 4.93. The summed E-state index contributed by atoms with van der Waals surface area (Å²) >= 11 is 1.49. The summed E-state index contributed by atoms with van der Waals surface area (Å²) < 4.78 is 12.6. The van der Waals surface area contributed by atoms with E-state index in [1.54, 1.807) is 7.11 Å². The normalized spacial score (nSPS) is 10.7. The van der Waals surface area contributed by atoms with Crippen molar-refractivity contribution in [2.24, 2.45) is 0 Å². The van der Waals surface area contributed by atoms with E-state index < -0.39 is 0 Å². The maximum Gasteiger partial charge on any atom is 0.225 e. The molecule has 1 N–H and O–H groups in total. The van der Waals surface area contributed by atoms with Gasteiger partial charge in [0.2, 0.25) is 5.91 Å². The number of benzene rings is 2. The van der Waals surface area contributed by atoms with Crippen LogP contribution < -0.4 is 10.1 Å². The van der Waals surface area contributed by atoms with Crippen LogP contribution >= 0.6 is 11.8 Å². The van der Waals surface area contributed by atoms with Crippen LogP contribution in [0.5, 0.6) is 5.75 Å². The predicted molar refractivity (Wildman–Crippen MR) is 114 cm³/mol. The highest BCUT2D eigenvalue weighted by molar-refractivity contribution is 7.99. The quantitative estimate of drug-likeness (QED) is 0.508. The molecule has 0 saturated heterocycles. The van der Waals surface area contributed by atoms with E-state index >= 15 is 0 Å². The largest absolute Gasteiger partial charge is 0.494 e. The van der Waals surface area contributed by atoms with E-state index in [0.29, 0.717) is 25.4 Å². The number of hydrogen-bond donors (Lipinski definition) is 1. The first-order valence-corrected chi connectivity index (χ1v) is 10.3. The molecule has 1 amide bonds. The molecular weight excluding hydrogens is 388 g/mol. The number of carbonyl (C=O) groups excluding carboxylic acids is 1.